The summed E-state index contributed by atoms with van der Waals surface area (Å²) in [5.41, 5.74) is 1.35. The molecule has 0 aliphatic heterocycles. The normalized spacial score (nSPS) is 13.3. The lowest BCUT2D eigenvalue weighted by molar-refractivity contribution is 0.668. The Bertz CT molecular complexity index is 792. The maximum absolute atomic E-state index is 11.5. The second-order valence-electron chi connectivity index (χ2n) is 3.97. The van der Waals surface area contributed by atoms with Crippen molar-refractivity contribution in [2.75, 3.05) is 6.26 Å². The highest BCUT2D eigenvalue weighted by Gasteiger charge is 2.12. The number of hydrogen-bond donors (Lipinski definition) is 0. The van der Waals surface area contributed by atoms with Crippen molar-refractivity contribution in [1.29, 1.82) is 0 Å². The average Bonchev–Trinajstić information content (AvgIpc) is 2.65. The first kappa shape index (κ1) is 12.0. The van der Waals surface area contributed by atoms with Crippen LogP contribution >= 0.6 is 23.2 Å². The van der Waals surface area contributed by atoms with Crippen molar-refractivity contribution in [2.45, 2.75) is 4.90 Å². The first-order chi connectivity index (χ1) is 8.56. The van der Waals surface area contributed by atoms with Crippen LogP contribution < -0.4 is 0 Å². The molecule has 0 radical (unpaired) electrons. The largest absolute Gasteiger partial charge is 0.456 e. The second-order valence-corrected chi connectivity index (χ2v) is 6.20. The Morgan fingerprint density at radius 2 is 1.89 bits per heavy atom. The monoisotopic (exact) mass is 298 g/mol. The molecule has 1 atom stereocenters. The molecular formula is C13H8Cl2O2S. The summed E-state index contributed by atoms with van der Waals surface area (Å²) in [5.74, 6) is 0. The third kappa shape index (κ3) is 1.83. The molecule has 18 heavy (non-hydrogen) atoms. The highest BCUT2D eigenvalue weighted by atomic mass is 35.5. The molecular weight excluding hydrogens is 291 g/mol. The van der Waals surface area contributed by atoms with Gasteiger partial charge < -0.3 is 4.42 Å². The van der Waals surface area contributed by atoms with E-state index in [1.807, 2.05) is 6.07 Å². The van der Waals surface area contributed by atoms with Crippen molar-refractivity contribution in [2.24, 2.45) is 0 Å². The molecule has 1 unspecified atom stereocenters. The van der Waals surface area contributed by atoms with Crippen LogP contribution in [0.15, 0.2) is 39.6 Å². The smallest absolute Gasteiger partial charge is 0.138 e. The van der Waals surface area contributed by atoms with Crippen LogP contribution in [0.2, 0.25) is 10.0 Å². The molecule has 0 aliphatic rings. The standard InChI is InChI=1S/C13H8Cl2O2S/c1-18(16)8-2-3-11-9(6-8)13-10(15)4-7(14)5-12(13)17-11/h2-6H,1H3. The zero-order chi connectivity index (χ0) is 12.9. The quantitative estimate of drug-likeness (QED) is 0.655. The van der Waals surface area contributed by atoms with Gasteiger partial charge in [-0.2, -0.15) is 0 Å². The van der Waals surface area contributed by atoms with Crippen LogP contribution in [0.3, 0.4) is 0 Å². The predicted octanol–water partition coefficient (Wildman–Crippen LogP) is 4.63. The molecule has 5 heteroatoms. The minimum absolute atomic E-state index is 0.533. The molecule has 0 fully saturated rings. The van der Waals surface area contributed by atoms with Crippen molar-refractivity contribution < 1.29 is 8.63 Å². The van der Waals surface area contributed by atoms with E-state index in [0.29, 0.717) is 21.2 Å². The summed E-state index contributed by atoms with van der Waals surface area (Å²) in [4.78, 5) is 0.746. The molecule has 2 nitrogen and oxygen atoms in total. The van der Waals surface area contributed by atoms with Gasteiger partial charge in [0.15, 0.2) is 0 Å². The van der Waals surface area contributed by atoms with E-state index in [-0.39, 0.29) is 0 Å². The van der Waals surface area contributed by atoms with Crippen LogP contribution in [0.4, 0.5) is 0 Å². The van der Waals surface area contributed by atoms with Gasteiger partial charge in [-0.3, -0.25) is 4.21 Å². The lowest BCUT2D eigenvalue weighted by Gasteiger charge is -1.97. The maximum Gasteiger partial charge on any atom is 0.138 e. The van der Waals surface area contributed by atoms with Gasteiger partial charge in [-0.05, 0) is 24.3 Å². The molecule has 0 N–H and O–H groups in total. The molecule has 0 saturated heterocycles. The summed E-state index contributed by atoms with van der Waals surface area (Å²) in [6, 6.07) is 8.84. The molecule has 0 spiro atoms. The third-order valence-corrected chi connectivity index (χ3v) is 4.23. The van der Waals surface area contributed by atoms with E-state index in [1.165, 1.54) is 0 Å². The zero-order valence-corrected chi connectivity index (χ0v) is 11.7. The topological polar surface area (TPSA) is 30.2 Å². The molecule has 0 aliphatic carbocycles. The lowest BCUT2D eigenvalue weighted by atomic mass is 10.1. The van der Waals surface area contributed by atoms with Crippen LogP contribution in [-0.2, 0) is 10.8 Å². The summed E-state index contributed by atoms with van der Waals surface area (Å²) < 4.78 is 17.2. The molecule has 0 bridgehead atoms. The number of fused-ring (bicyclic) bond motifs is 3. The minimum Gasteiger partial charge on any atom is -0.456 e. The summed E-state index contributed by atoms with van der Waals surface area (Å²) >= 11 is 12.1. The van der Waals surface area contributed by atoms with E-state index < -0.39 is 10.8 Å². The fraction of sp³-hybridized carbons (Fsp3) is 0.0769. The fourth-order valence-electron chi connectivity index (χ4n) is 1.98. The van der Waals surface area contributed by atoms with Crippen molar-refractivity contribution in [1.82, 2.24) is 0 Å². The first-order valence-corrected chi connectivity index (χ1v) is 7.52. The number of hydrogen-bond acceptors (Lipinski definition) is 2. The van der Waals surface area contributed by atoms with Gasteiger partial charge >= 0.3 is 0 Å². The zero-order valence-electron chi connectivity index (χ0n) is 9.37. The van der Waals surface area contributed by atoms with Gasteiger partial charge in [-0.25, -0.2) is 0 Å². The van der Waals surface area contributed by atoms with Gasteiger partial charge in [0.2, 0.25) is 0 Å². The van der Waals surface area contributed by atoms with Gasteiger partial charge in [0.25, 0.3) is 0 Å². The van der Waals surface area contributed by atoms with Crippen molar-refractivity contribution in [3.63, 3.8) is 0 Å². The summed E-state index contributed by atoms with van der Waals surface area (Å²) in [5, 5.41) is 2.74. The third-order valence-electron chi connectivity index (χ3n) is 2.79. The van der Waals surface area contributed by atoms with Gasteiger partial charge in [0.05, 0.1) is 5.02 Å². The molecule has 2 aromatic carbocycles. The lowest BCUT2D eigenvalue weighted by Crippen LogP contribution is -1.85. The van der Waals surface area contributed by atoms with E-state index in [0.717, 1.165) is 15.7 Å². The highest BCUT2D eigenvalue weighted by molar-refractivity contribution is 7.84. The molecule has 1 aromatic heterocycles. The first-order valence-electron chi connectivity index (χ1n) is 5.21. The Labute approximate surface area is 116 Å². The molecule has 0 amide bonds. The number of halogens is 2. The Balaban J connectivity index is 2.47. The van der Waals surface area contributed by atoms with Crippen LogP contribution in [0, 0.1) is 0 Å². The van der Waals surface area contributed by atoms with Gasteiger partial charge in [0, 0.05) is 43.8 Å². The van der Waals surface area contributed by atoms with Crippen molar-refractivity contribution in [3.8, 4) is 0 Å². The van der Waals surface area contributed by atoms with Gasteiger partial charge in [0.1, 0.15) is 11.2 Å². The van der Waals surface area contributed by atoms with E-state index in [4.69, 9.17) is 27.6 Å². The summed E-state index contributed by atoms with van der Waals surface area (Å²) in [6.45, 7) is 0. The van der Waals surface area contributed by atoms with Crippen molar-refractivity contribution >= 4 is 55.9 Å². The molecule has 0 saturated carbocycles. The van der Waals surface area contributed by atoms with Gasteiger partial charge in [-0.15, -0.1) is 0 Å². The second kappa shape index (κ2) is 4.26. The van der Waals surface area contributed by atoms with E-state index in [1.54, 1.807) is 30.5 Å². The summed E-state index contributed by atoms with van der Waals surface area (Å²) in [6.07, 6.45) is 1.64. The van der Waals surface area contributed by atoms with Crippen LogP contribution in [0.25, 0.3) is 21.9 Å². The Kier molecular flexibility index (Phi) is 2.85. The average molecular weight is 299 g/mol. The van der Waals surface area contributed by atoms with Gasteiger partial charge in [-0.1, -0.05) is 23.2 Å². The SMILES string of the molecule is CS(=O)c1ccc2oc3cc(Cl)cc(Cl)c3c2c1. The Morgan fingerprint density at radius 3 is 2.61 bits per heavy atom. The van der Waals surface area contributed by atoms with Crippen LogP contribution in [-0.4, -0.2) is 10.5 Å². The predicted molar refractivity (Wildman–Crippen MR) is 76.1 cm³/mol. The number of benzene rings is 2. The van der Waals surface area contributed by atoms with E-state index in [9.17, 15) is 4.21 Å². The molecule has 1 heterocycles. The van der Waals surface area contributed by atoms with Crippen molar-refractivity contribution in [3.05, 3.63) is 40.4 Å². The fourth-order valence-corrected chi connectivity index (χ4v) is 3.10. The minimum atomic E-state index is -1.03. The number of rotatable bonds is 1. The summed E-state index contributed by atoms with van der Waals surface area (Å²) in [7, 11) is -1.03. The van der Waals surface area contributed by atoms with Crippen LogP contribution in [0.1, 0.15) is 0 Å². The number of furan rings is 1. The highest BCUT2D eigenvalue weighted by Crippen LogP contribution is 2.36. The molecule has 3 rings (SSSR count). The molecule has 3 aromatic rings. The van der Waals surface area contributed by atoms with Crippen LogP contribution in [0.5, 0.6) is 0 Å². The Morgan fingerprint density at radius 1 is 1.11 bits per heavy atom. The maximum atomic E-state index is 11.5. The van der Waals surface area contributed by atoms with E-state index >= 15 is 0 Å². The Hall–Kier alpha value is -1.03. The molecule has 92 valence electrons. The van der Waals surface area contributed by atoms with E-state index in [2.05, 4.69) is 0 Å².